The van der Waals surface area contributed by atoms with Crippen molar-refractivity contribution >= 4 is 5.82 Å². The number of hydrogen-bond donors (Lipinski definition) is 1. The lowest BCUT2D eigenvalue weighted by Gasteiger charge is -2.14. The summed E-state index contributed by atoms with van der Waals surface area (Å²) in [5.41, 5.74) is 0. The topological polar surface area (TPSA) is 53.6 Å². The first-order chi connectivity index (χ1) is 6.79. The normalized spacial score (nSPS) is 26.0. The van der Waals surface area contributed by atoms with Crippen molar-refractivity contribution in [3.05, 3.63) is 12.3 Å². The molecule has 14 heavy (non-hydrogen) atoms. The van der Waals surface area contributed by atoms with Gasteiger partial charge in [0.05, 0.1) is 12.0 Å². The van der Waals surface area contributed by atoms with Gasteiger partial charge in [0, 0.05) is 25.4 Å². The van der Waals surface area contributed by atoms with Crippen LogP contribution in [0.4, 0.5) is 5.82 Å². The molecule has 1 aromatic heterocycles. The highest BCUT2D eigenvalue weighted by molar-refractivity contribution is 5.34. The first-order valence-corrected chi connectivity index (χ1v) is 4.95. The van der Waals surface area contributed by atoms with E-state index in [1.54, 1.807) is 4.68 Å². The molecule has 74 valence electrons. The average molecular weight is 190 g/mol. The molecule has 1 N–H and O–H groups in total. The van der Waals surface area contributed by atoms with Crippen LogP contribution in [0.1, 0.15) is 19.3 Å². The third-order valence-corrected chi connectivity index (χ3v) is 2.73. The van der Waals surface area contributed by atoms with Gasteiger partial charge in [0.15, 0.2) is 0 Å². The molecule has 2 atom stereocenters. The second-order valence-corrected chi connectivity index (χ2v) is 3.79. The lowest BCUT2D eigenvalue weighted by Crippen LogP contribution is -2.23. The van der Waals surface area contributed by atoms with Crippen molar-refractivity contribution in [3.8, 4) is 6.07 Å². The summed E-state index contributed by atoms with van der Waals surface area (Å²) in [5.74, 6) is 1.02. The summed E-state index contributed by atoms with van der Waals surface area (Å²) in [5, 5.41) is 16.5. The number of rotatable bonds is 2. The highest BCUT2D eigenvalue weighted by atomic mass is 15.3. The summed E-state index contributed by atoms with van der Waals surface area (Å²) in [7, 11) is 1.89. The molecule has 0 aliphatic heterocycles. The lowest BCUT2D eigenvalue weighted by atomic mass is 10.1. The molecule has 0 saturated heterocycles. The fourth-order valence-corrected chi connectivity index (χ4v) is 1.97. The van der Waals surface area contributed by atoms with E-state index in [2.05, 4.69) is 16.5 Å². The number of aromatic nitrogens is 2. The monoisotopic (exact) mass is 190 g/mol. The second-order valence-electron chi connectivity index (χ2n) is 3.79. The van der Waals surface area contributed by atoms with E-state index >= 15 is 0 Å². The Kier molecular flexibility index (Phi) is 2.40. The molecule has 0 radical (unpaired) electrons. The molecule has 1 saturated carbocycles. The van der Waals surface area contributed by atoms with Gasteiger partial charge in [-0.05, 0) is 19.3 Å². The van der Waals surface area contributed by atoms with E-state index in [4.69, 9.17) is 5.26 Å². The zero-order valence-electron chi connectivity index (χ0n) is 8.27. The number of anilines is 1. The largest absolute Gasteiger partial charge is 0.365 e. The minimum atomic E-state index is 0.150. The number of nitrogens with zero attached hydrogens (tertiary/aromatic N) is 3. The first kappa shape index (κ1) is 9.07. The van der Waals surface area contributed by atoms with Crippen LogP contribution < -0.4 is 5.32 Å². The van der Waals surface area contributed by atoms with Crippen molar-refractivity contribution < 1.29 is 0 Å². The molecule has 1 aromatic rings. The highest BCUT2D eigenvalue weighted by Crippen LogP contribution is 2.27. The Morgan fingerprint density at radius 3 is 3.14 bits per heavy atom. The minimum absolute atomic E-state index is 0.150. The summed E-state index contributed by atoms with van der Waals surface area (Å²) in [6.45, 7) is 0. The van der Waals surface area contributed by atoms with Crippen molar-refractivity contribution in [2.75, 3.05) is 5.32 Å². The maximum atomic E-state index is 8.90. The van der Waals surface area contributed by atoms with Crippen LogP contribution in [0.5, 0.6) is 0 Å². The summed E-state index contributed by atoms with van der Waals surface area (Å²) >= 11 is 0. The van der Waals surface area contributed by atoms with Crippen molar-refractivity contribution in [1.82, 2.24) is 9.78 Å². The fourth-order valence-electron chi connectivity index (χ4n) is 1.97. The van der Waals surface area contributed by atoms with Gasteiger partial charge in [0.25, 0.3) is 0 Å². The van der Waals surface area contributed by atoms with Crippen LogP contribution in [0, 0.1) is 17.2 Å². The Bertz CT molecular complexity index is 349. The van der Waals surface area contributed by atoms with Crippen molar-refractivity contribution in [2.45, 2.75) is 25.3 Å². The molecule has 0 amide bonds. The molecule has 4 heteroatoms. The Balaban J connectivity index is 2.01. The number of nitrogens with one attached hydrogen (secondary N) is 1. The molecule has 4 nitrogen and oxygen atoms in total. The van der Waals surface area contributed by atoms with E-state index in [0.29, 0.717) is 0 Å². The van der Waals surface area contributed by atoms with E-state index < -0.39 is 0 Å². The van der Waals surface area contributed by atoms with Crippen LogP contribution in [0.25, 0.3) is 0 Å². The summed E-state index contributed by atoms with van der Waals surface area (Å²) in [6, 6.07) is 4.57. The van der Waals surface area contributed by atoms with Crippen molar-refractivity contribution in [1.29, 1.82) is 5.26 Å². The molecule has 1 aliphatic rings. The van der Waals surface area contributed by atoms with Crippen LogP contribution in [0.3, 0.4) is 0 Å². The molecule has 1 aliphatic carbocycles. The summed E-state index contributed by atoms with van der Waals surface area (Å²) < 4.78 is 1.76. The summed E-state index contributed by atoms with van der Waals surface area (Å²) in [6.07, 6.45) is 5.14. The van der Waals surface area contributed by atoms with Crippen LogP contribution >= 0.6 is 0 Å². The molecular weight excluding hydrogens is 176 g/mol. The fraction of sp³-hybridized carbons (Fsp3) is 0.600. The summed E-state index contributed by atoms with van der Waals surface area (Å²) in [4.78, 5) is 0. The van der Waals surface area contributed by atoms with Crippen LogP contribution in [0.2, 0.25) is 0 Å². The first-order valence-electron chi connectivity index (χ1n) is 4.95. The van der Waals surface area contributed by atoms with Gasteiger partial charge in [-0.1, -0.05) is 0 Å². The molecule has 0 bridgehead atoms. The molecule has 0 aromatic carbocycles. The second kappa shape index (κ2) is 3.70. The third kappa shape index (κ3) is 1.72. The Morgan fingerprint density at radius 1 is 1.64 bits per heavy atom. The zero-order valence-corrected chi connectivity index (χ0v) is 8.27. The smallest absolute Gasteiger partial charge is 0.148 e. The maximum absolute atomic E-state index is 8.90. The Labute approximate surface area is 83.5 Å². The predicted octanol–water partition coefficient (Wildman–Crippen LogP) is 1.52. The van der Waals surface area contributed by atoms with Gasteiger partial charge in [0.2, 0.25) is 0 Å². The standard InChI is InChI=1S/C10H14N4/c1-14-6-5-10(13-14)12-9-4-2-3-8(9)7-11/h5-6,8-9H,2-4H2,1H3,(H,12,13). The quantitative estimate of drug-likeness (QED) is 0.769. The van der Waals surface area contributed by atoms with Crippen LogP contribution in [0.15, 0.2) is 12.3 Å². The van der Waals surface area contributed by atoms with E-state index in [0.717, 1.165) is 25.1 Å². The Hall–Kier alpha value is -1.50. The minimum Gasteiger partial charge on any atom is -0.365 e. The molecule has 0 spiro atoms. The average Bonchev–Trinajstić information content (AvgIpc) is 2.76. The van der Waals surface area contributed by atoms with E-state index in [9.17, 15) is 0 Å². The van der Waals surface area contributed by atoms with Gasteiger partial charge in [-0.25, -0.2) is 0 Å². The number of nitriles is 1. The molecule has 2 unspecified atom stereocenters. The maximum Gasteiger partial charge on any atom is 0.148 e. The third-order valence-electron chi connectivity index (χ3n) is 2.73. The SMILES string of the molecule is Cn1ccc(NC2CCCC2C#N)n1. The van der Waals surface area contributed by atoms with Crippen LogP contribution in [-0.4, -0.2) is 15.8 Å². The molecule has 1 heterocycles. The number of aryl methyl sites for hydroxylation is 1. The van der Waals surface area contributed by atoms with Gasteiger partial charge in [0.1, 0.15) is 5.82 Å². The van der Waals surface area contributed by atoms with Gasteiger partial charge in [-0.15, -0.1) is 0 Å². The predicted molar refractivity (Wildman–Crippen MR) is 53.6 cm³/mol. The highest BCUT2D eigenvalue weighted by Gasteiger charge is 2.27. The van der Waals surface area contributed by atoms with Gasteiger partial charge < -0.3 is 5.32 Å². The van der Waals surface area contributed by atoms with Gasteiger partial charge in [-0.3, -0.25) is 4.68 Å². The van der Waals surface area contributed by atoms with Crippen LogP contribution in [-0.2, 0) is 7.05 Å². The number of hydrogen-bond acceptors (Lipinski definition) is 3. The lowest BCUT2D eigenvalue weighted by molar-refractivity contribution is 0.624. The Morgan fingerprint density at radius 2 is 2.50 bits per heavy atom. The van der Waals surface area contributed by atoms with E-state index in [-0.39, 0.29) is 12.0 Å². The van der Waals surface area contributed by atoms with Crippen molar-refractivity contribution in [3.63, 3.8) is 0 Å². The van der Waals surface area contributed by atoms with Gasteiger partial charge in [-0.2, -0.15) is 10.4 Å². The van der Waals surface area contributed by atoms with E-state index in [1.807, 2.05) is 19.3 Å². The van der Waals surface area contributed by atoms with Gasteiger partial charge >= 0.3 is 0 Å². The van der Waals surface area contributed by atoms with E-state index in [1.165, 1.54) is 0 Å². The molecule has 1 fully saturated rings. The van der Waals surface area contributed by atoms with Crippen molar-refractivity contribution in [2.24, 2.45) is 13.0 Å². The molecular formula is C10H14N4. The molecule has 2 rings (SSSR count). The zero-order chi connectivity index (χ0) is 9.97.